The second-order valence-electron chi connectivity index (χ2n) is 6.75. The van der Waals surface area contributed by atoms with Crippen LogP contribution in [0.1, 0.15) is 52.7 Å². The summed E-state index contributed by atoms with van der Waals surface area (Å²) in [4.78, 5) is 7.73. The number of rotatable bonds is 5. The largest absolute Gasteiger partial charge is 0.362 e. The van der Waals surface area contributed by atoms with Crippen LogP contribution in [-0.2, 0) is 0 Å². The molecule has 3 nitrogen and oxygen atoms in total. The molecule has 2 N–H and O–H groups in total. The maximum atomic E-state index is 4.46. The molecule has 0 amide bonds. The van der Waals surface area contributed by atoms with Crippen molar-refractivity contribution < 1.29 is 0 Å². The third-order valence-electron chi connectivity index (χ3n) is 3.21. The van der Waals surface area contributed by atoms with Crippen LogP contribution in [0, 0.1) is 5.92 Å². The lowest BCUT2D eigenvalue weighted by Crippen LogP contribution is -2.02. The molecule has 1 heterocycles. The van der Waals surface area contributed by atoms with Crippen molar-refractivity contribution in [1.82, 2.24) is 10.3 Å². The van der Waals surface area contributed by atoms with Crippen molar-refractivity contribution in [2.45, 2.75) is 41.5 Å². The molecule has 25 heavy (non-hydrogen) atoms. The summed E-state index contributed by atoms with van der Waals surface area (Å²) >= 11 is 0. The van der Waals surface area contributed by atoms with E-state index in [0.717, 1.165) is 45.1 Å². The number of aliphatic imine (C=N–C) groups is 1. The Hall–Kier alpha value is -2.55. The zero-order chi connectivity index (χ0) is 19.0. The summed E-state index contributed by atoms with van der Waals surface area (Å²) < 4.78 is 0. The fraction of sp³-hybridized carbons (Fsp3) is 0.318. The number of fused-ring (bicyclic) bond motifs is 1. The van der Waals surface area contributed by atoms with Gasteiger partial charge in [-0.1, -0.05) is 46.1 Å². The summed E-state index contributed by atoms with van der Waals surface area (Å²) in [5, 5.41) is 4.27. The molecule has 3 heteroatoms. The average Bonchev–Trinajstić information content (AvgIpc) is 2.94. The molecule has 0 saturated carbocycles. The molecule has 0 aliphatic rings. The number of allylic oxidation sites excluding steroid dienone is 1. The summed E-state index contributed by atoms with van der Waals surface area (Å²) in [6.07, 6.45) is 5.67. The lowest BCUT2D eigenvalue weighted by molar-refractivity contribution is 0.737. The number of nitrogens with one attached hydrogen (secondary N) is 2. The Balaban J connectivity index is 0.000000705. The Morgan fingerprint density at radius 1 is 1.24 bits per heavy atom. The quantitative estimate of drug-likeness (QED) is 0.611. The SMILES string of the molecule is C=CN/C(=C\C)c1ccc2[nH]cc(C(=C)N=C(C)C)c2c1.CC(C)C. The molecule has 0 aliphatic heterocycles. The van der Waals surface area contributed by atoms with Crippen LogP contribution in [-0.4, -0.2) is 10.7 Å². The van der Waals surface area contributed by atoms with Gasteiger partial charge in [-0.2, -0.15) is 0 Å². The molecule has 0 atom stereocenters. The van der Waals surface area contributed by atoms with Gasteiger partial charge in [-0.15, -0.1) is 0 Å². The van der Waals surface area contributed by atoms with Gasteiger partial charge in [0.15, 0.2) is 0 Å². The van der Waals surface area contributed by atoms with Crippen molar-refractivity contribution >= 4 is 28.0 Å². The van der Waals surface area contributed by atoms with Gasteiger partial charge in [-0.25, -0.2) is 0 Å². The van der Waals surface area contributed by atoms with Gasteiger partial charge in [0.1, 0.15) is 0 Å². The van der Waals surface area contributed by atoms with E-state index in [1.165, 1.54) is 0 Å². The van der Waals surface area contributed by atoms with Crippen LogP contribution in [0.3, 0.4) is 0 Å². The molecule has 0 aliphatic carbocycles. The third-order valence-corrected chi connectivity index (χ3v) is 3.21. The molecule has 1 aromatic heterocycles. The molecular weight excluding hydrogens is 306 g/mol. The summed E-state index contributed by atoms with van der Waals surface area (Å²) in [7, 11) is 0. The minimum Gasteiger partial charge on any atom is -0.362 e. The van der Waals surface area contributed by atoms with Crippen LogP contribution in [0.4, 0.5) is 0 Å². The Bertz CT molecular complexity index is 782. The van der Waals surface area contributed by atoms with E-state index >= 15 is 0 Å². The van der Waals surface area contributed by atoms with E-state index in [1.54, 1.807) is 6.20 Å². The highest BCUT2D eigenvalue weighted by atomic mass is 14.8. The summed E-state index contributed by atoms with van der Waals surface area (Å²) in [5.74, 6) is 0.833. The highest BCUT2D eigenvalue weighted by Crippen LogP contribution is 2.27. The van der Waals surface area contributed by atoms with Gasteiger partial charge in [-0.3, -0.25) is 4.99 Å². The van der Waals surface area contributed by atoms with Crippen molar-refractivity contribution in [1.29, 1.82) is 0 Å². The van der Waals surface area contributed by atoms with E-state index in [4.69, 9.17) is 0 Å². The maximum absolute atomic E-state index is 4.46. The van der Waals surface area contributed by atoms with Gasteiger partial charge >= 0.3 is 0 Å². The number of nitrogens with zero attached hydrogens (tertiary/aromatic N) is 1. The Labute approximate surface area is 152 Å². The molecule has 0 unspecified atom stereocenters. The van der Waals surface area contributed by atoms with Crippen LogP contribution in [0.5, 0.6) is 0 Å². The van der Waals surface area contributed by atoms with Crippen molar-refractivity contribution in [3.8, 4) is 0 Å². The number of benzene rings is 1. The summed E-state index contributed by atoms with van der Waals surface area (Å²) in [6, 6.07) is 6.28. The van der Waals surface area contributed by atoms with Gasteiger partial charge in [0.25, 0.3) is 0 Å². The Morgan fingerprint density at radius 3 is 2.40 bits per heavy atom. The smallest absolute Gasteiger partial charge is 0.0650 e. The first kappa shape index (κ1) is 20.5. The number of H-pyrrole nitrogens is 1. The fourth-order valence-electron chi connectivity index (χ4n) is 2.30. The monoisotopic (exact) mass is 337 g/mol. The predicted molar refractivity (Wildman–Crippen MR) is 114 cm³/mol. The highest BCUT2D eigenvalue weighted by molar-refractivity contribution is 5.96. The minimum atomic E-state index is 0.775. The summed E-state index contributed by atoms with van der Waals surface area (Å²) in [5.41, 5.74) is 6.01. The van der Waals surface area contributed by atoms with Crippen LogP contribution in [0.2, 0.25) is 0 Å². The number of aromatic amines is 1. The van der Waals surface area contributed by atoms with E-state index in [1.807, 2.05) is 33.0 Å². The number of hydrogen-bond acceptors (Lipinski definition) is 2. The second-order valence-corrected chi connectivity index (χ2v) is 6.75. The first-order chi connectivity index (χ1) is 11.8. The lowest BCUT2D eigenvalue weighted by Gasteiger charge is -2.08. The third kappa shape index (κ3) is 6.11. The minimum absolute atomic E-state index is 0.775. The van der Waals surface area contributed by atoms with Crippen LogP contribution in [0.25, 0.3) is 22.3 Å². The fourth-order valence-corrected chi connectivity index (χ4v) is 2.30. The molecular formula is C22H31N3. The van der Waals surface area contributed by atoms with E-state index in [2.05, 4.69) is 67.4 Å². The van der Waals surface area contributed by atoms with Crippen molar-refractivity contribution in [2.24, 2.45) is 10.9 Å². The average molecular weight is 338 g/mol. The predicted octanol–water partition coefficient (Wildman–Crippen LogP) is 6.38. The molecule has 0 fully saturated rings. The molecule has 0 radical (unpaired) electrons. The number of hydrogen-bond donors (Lipinski definition) is 2. The molecule has 134 valence electrons. The molecule has 0 spiro atoms. The van der Waals surface area contributed by atoms with Crippen LogP contribution in [0.15, 0.2) is 54.8 Å². The normalized spacial score (nSPS) is 10.9. The van der Waals surface area contributed by atoms with Gasteiger partial charge < -0.3 is 10.3 Å². The van der Waals surface area contributed by atoms with Crippen LogP contribution < -0.4 is 5.32 Å². The molecule has 0 saturated heterocycles. The Morgan fingerprint density at radius 2 is 1.88 bits per heavy atom. The van der Waals surface area contributed by atoms with E-state index < -0.39 is 0 Å². The molecule has 1 aromatic carbocycles. The van der Waals surface area contributed by atoms with E-state index in [-0.39, 0.29) is 0 Å². The molecule has 0 bridgehead atoms. The van der Waals surface area contributed by atoms with Crippen molar-refractivity contribution in [3.63, 3.8) is 0 Å². The molecule has 2 rings (SSSR count). The first-order valence-electron chi connectivity index (χ1n) is 8.66. The van der Waals surface area contributed by atoms with E-state index in [0.29, 0.717) is 0 Å². The lowest BCUT2D eigenvalue weighted by atomic mass is 10.1. The first-order valence-corrected chi connectivity index (χ1v) is 8.66. The second kappa shape index (κ2) is 9.67. The van der Waals surface area contributed by atoms with Crippen LogP contribution >= 0.6 is 0 Å². The molecule has 2 aromatic rings. The standard InChI is InChI=1S/C18H21N3.C4H10/c1-6-17(19-7-2)14-8-9-18-15(10-14)16(11-20-18)13(5)21-12(3)4;1-4(2)3/h6-11,19-20H,2,5H2,1,3-4H3;4H,1-3H3/b17-6-;. The number of aromatic nitrogens is 1. The zero-order valence-electron chi connectivity index (χ0n) is 16.4. The highest BCUT2D eigenvalue weighted by Gasteiger charge is 2.08. The van der Waals surface area contributed by atoms with Gasteiger partial charge in [-0.05, 0) is 50.6 Å². The van der Waals surface area contributed by atoms with E-state index in [9.17, 15) is 0 Å². The summed E-state index contributed by atoms with van der Waals surface area (Å²) in [6.45, 7) is 20.2. The zero-order valence-corrected chi connectivity index (χ0v) is 16.4. The van der Waals surface area contributed by atoms with Gasteiger partial charge in [0.05, 0.1) is 5.70 Å². The Kier molecular flexibility index (Phi) is 7.93. The van der Waals surface area contributed by atoms with Gasteiger partial charge in [0, 0.05) is 34.1 Å². The van der Waals surface area contributed by atoms with Crippen molar-refractivity contribution in [2.75, 3.05) is 0 Å². The van der Waals surface area contributed by atoms with Gasteiger partial charge in [0.2, 0.25) is 0 Å². The topological polar surface area (TPSA) is 40.2 Å². The maximum Gasteiger partial charge on any atom is 0.0650 e. The van der Waals surface area contributed by atoms with Crippen molar-refractivity contribution in [3.05, 3.63) is 61.0 Å².